The highest BCUT2D eigenvalue weighted by Gasteiger charge is 2.22. The Bertz CT molecular complexity index is 542. The molecule has 2 amide bonds. The molecule has 1 heterocycles. The minimum atomic E-state index is -0.352. The van der Waals surface area contributed by atoms with Gasteiger partial charge in [0.05, 0.1) is 0 Å². The van der Waals surface area contributed by atoms with E-state index in [-0.39, 0.29) is 17.9 Å². The maximum Gasteiger partial charge on any atom is 0.242 e. The van der Waals surface area contributed by atoms with Gasteiger partial charge < -0.3 is 15.5 Å². The van der Waals surface area contributed by atoms with E-state index in [4.69, 9.17) is 0 Å². The van der Waals surface area contributed by atoms with Gasteiger partial charge in [-0.05, 0) is 31.5 Å². The molecule has 0 radical (unpaired) electrons. The van der Waals surface area contributed by atoms with Gasteiger partial charge >= 0.3 is 0 Å². The number of rotatable bonds is 6. The number of hydrogen-bond donors (Lipinski definition) is 2. The third-order valence-electron chi connectivity index (χ3n) is 3.43. The molecule has 1 aliphatic rings. The number of nitrogens with zero attached hydrogens (tertiary/aromatic N) is 1. The molecule has 1 aromatic rings. The Labute approximate surface area is 125 Å². The van der Waals surface area contributed by atoms with Gasteiger partial charge in [-0.1, -0.05) is 12.1 Å². The first-order valence-corrected chi connectivity index (χ1v) is 7.17. The quantitative estimate of drug-likeness (QED) is 0.786. The molecule has 0 aromatic heterocycles. The van der Waals surface area contributed by atoms with Crippen LogP contribution in [0.1, 0.15) is 19.8 Å². The zero-order valence-corrected chi connectivity index (χ0v) is 12.3. The maximum absolute atomic E-state index is 11.8. The van der Waals surface area contributed by atoms with Crippen molar-refractivity contribution in [3.05, 3.63) is 36.9 Å². The Morgan fingerprint density at radius 1 is 1.52 bits per heavy atom. The Morgan fingerprint density at radius 3 is 3.00 bits per heavy atom. The first-order chi connectivity index (χ1) is 10.1. The fraction of sp³-hybridized carbons (Fsp3) is 0.375. The van der Waals surface area contributed by atoms with Crippen molar-refractivity contribution in [2.45, 2.75) is 25.8 Å². The van der Waals surface area contributed by atoms with Crippen molar-refractivity contribution in [3.63, 3.8) is 0 Å². The summed E-state index contributed by atoms with van der Waals surface area (Å²) in [5.41, 5.74) is 1.70. The van der Waals surface area contributed by atoms with Gasteiger partial charge in [-0.25, -0.2) is 0 Å². The molecule has 1 aliphatic heterocycles. The summed E-state index contributed by atoms with van der Waals surface area (Å²) in [7, 11) is 0. The fourth-order valence-corrected chi connectivity index (χ4v) is 2.33. The summed E-state index contributed by atoms with van der Waals surface area (Å²) in [4.78, 5) is 25.4. The number of nitrogens with one attached hydrogen (secondary N) is 2. The van der Waals surface area contributed by atoms with Crippen LogP contribution >= 0.6 is 0 Å². The number of benzene rings is 1. The summed E-state index contributed by atoms with van der Waals surface area (Å²) < 4.78 is 0. The summed E-state index contributed by atoms with van der Waals surface area (Å²) in [5, 5.41) is 5.89. The fourth-order valence-electron chi connectivity index (χ4n) is 2.33. The van der Waals surface area contributed by atoms with Gasteiger partial charge in [-0.15, -0.1) is 6.58 Å². The van der Waals surface area contributed by atoms with Gasteiger partial charge in [-0.2, -0.15) is 0 Å². The van der Waals surface area contributed by atoms with Crippen molar-refractivity contribution in [2.75, 3.05) is 23.3 Å². The Balaban J connectivity index is 2.02. The molecular formula is C16H21N3O2. The van der Waals surface area contributed by atoms with Gasteiger partial charge in [0.1, 0.15) is 6.04 Å². The maximum atomic E-state index is 11.8. The molecule has 1 saturated heterocycles. The average molecular weight is 287 g/mol. The normalized spacial score (nSPS) is 15.7. The van der Waals surface area contributed by atoms with Crippen LogP contribution in [-0.2, 0) is 9.59 Å². The first-order valence-electron chi connectivity index (χ1n) is 7.17. The third kappa shape index (κ3) is 3.84. The van der Waals surface area contributed by atoms with Crippen LogP contribution in [0.25, 0.3) is 0 Å². The highest BCUT2D eigenvalue weighted by Crippen LogP contribution is 2.24. The largest absolute Gasteiger partial charge is 0.374 e. The molecule has 1 unspecified atom stereocenters. The molecular weight excluding hydrogens is 266 g/mol. The predicted octanol–water partition coefficient (Wildman–Crippen LogP) is 1.92. The van der Waals surface area contributed by atoms with E-state index in [2.05, 4.69) is 17.2 Å². The van der Waals surface area contributed by atoms with Crippen molar-refractivity contribution in [1.82, 2.24) is 5.32 Å². The second-order valence-corrected chi connectivity index (χ2v) is 5.10. The van der Waals surface area contributed by atoms with E-state index in [1.54, 1.807) is 17.9 Å². The lowest BCUT2D eigenvalue weighted by Gasteiger charge is -2.19. The number of hydrogen-bond acceptors (Lipinski definition) is 3. The Morgan fingerprint density at radius 2 is 2.33 bits per heavy atom. The summed E-state index contributed by atoms with van der Waals surface area (Å²) >= 11 is 0. The molecule has 5 nitrogen and oxygen atoms in total. The standard InChI is InChI=1S/C16H21N3O2/c1-3-9-17-16(21)12(2)18-13-6-4-7-14(11-13)19-10-5-8-15(19)20/h3-4,6-7,11-12,18H,1,5,8-10H2,2H3,(H,17,21). The number of anilines is 2. The zero-order valence-electron chi connectivity index (χ0n) is 12.3. The lowest BCUT2D eigenvalue weighted by Crippen LogP contribution is -2.37. The Hall–Kier alpha value is -2.30. The first kappa shape index (κ1) is 15.1. The van der Waals surface area contributed by atoms with Crippen LogP contribution < -0.4 is 15.5 Å². The molecule has 0 saturated carbocycles. The molecule has 1 aromatic carbocycles. The van der Waals surface area contributed by atoms with E-state index < -0.39 is 0 Å². The van der Waals surface area contributed by atoms with Gasteiger partial charge in [0, 0.05) is 30.9 Å². The van der Waals surface area contributed by atoms with Crippen LogP contribution in [0.5, 0.6) is 0 Å². The van der Waals surface area contributed by atoms with Crippen LogP contribution in [0.4, 0.5) is 11.4 Å². The van der Waals surface area contributed by atoms with Gasteiger partial charge in [0.15, 0.2) is 0 Å². The minimum absolute atomic E-state index is 0.0856. The Kier molecular flexibility index (Phi) is 4.98. The zero-order chi connectivity index (χ0) is 15.2. The monoisotopic (exact) mass is 287 g/mol. The minimum Gasteiger partial charge on any atom is -0.374 e. The van der Waals surface area contributed by atoms with E-state index in [0.717, 1.165) is 24.3 Å². The van der Waals surface area contributed by atoms with E-state index >= 15 is 0 Å². The van der Waals surface area contributed by atoms with Crippen LogP contribution in [0.3, 0.4) is 0 Å². The molecule has 21 heavy (non-hydrogen) atoms. The molecule has 5 heteroatoms. The molecule has 2 N–H and O–H groups in total. The molecule has 1 atom stereocenters. The van der Waals surface area contributed by atoms with Gasteiger partial charge in [0.2, 0.25) is 11.8 Å². The van der Waals surface area contributed by atoms with Crippen LogP contribution in [0.2, 0.25) is 0 Å². The van der Waals surface area contributed by atoms with Gasteiger partial charge in [-0.3, -0.25) is 9.59 Å². The van der Waals surface area contributed by atoms with E-state index in [1.165, 1.54) is 0 Å². The number of carbonyl (C=O) groups excluding carboxylic acids is 2. The average Bonchev–Trinajstić information content (AvgIpc) is 2.91. The smallest absolute Gasteiger partial charge is 0.242 e. The van der Waals surface area contributed by atoms with E-state index in [1.807, 2.05) is 24.3 Å². The van der Waals surface area contributed by atoms with E-state index in [0.29, 0.717) is 13.0 Å². The second-order valence-electron chi connectivity index (χ2n) is 5.10. The second kappa shape index (κ2) is 6.92. The predicted molar refractivity (Wildman–Crippen MR) is 84.3 cm³/mol. The molecule has 1 fully saturated rings. The molecule has 0 bridgehead atoms. The highest BCUT2D eigenvalue weighted by molar-refractivity contribution is 5.95. The lowest BCUT2D eigenvalue weighted by molar-refractivity contribution is -0.121. The summed E-state index contributed by atoms with van der Waals surface area (Å²) in [6.45, 7) is 6.58. The van der Waals surface area contributed by atoms with Crippen molar-refractivity contribution in [3.8, 4) is 0 Å². The SMILES string of the molecule is C=CCNC(=O)C(C)Nc1cccc(N2CCCC2=O)c1. The van der Waals surface area contributed by atoms with Crippen molar-refractivity contribution < 1.29 is 9.59 Å². The number of amides is 2. The van der Waals surface area contributed by atoms with E-state index in [9.17, 15) is 9.59 Å². The van der Waals surface area contributed by atoms with Gasteiger partial charge in [0.25, 0.3) is 0 Å². The molecule has 0 aliphatic carbocycles. The van der Waals surface area contributed by atoms with Crippen LogP contribution in [0, 0.1) is 0 Å². The number of carbonyl (C=O) groups is 2. The van der Waals surface area contributed by atoms with Crippen LogP contribution in [-0.4, -0.2) is 30.9 Å². The summed E-state index contributed by atoms with van der Waals surface area (Å²) in [5.74, 6) is 0.0708. The molecule has 0 spiro atoms. The lowest BCUT2D eigenvalue weighted by atomic mass is 10.2. The topological polar surface area (TPSA) is 61.4 Å². The third-order valence-corrected chi connectivity index (χ3v) is 3.43. The molecule has 112 valence electrons. The van der Waals surface area contributed by atoms with Crippen molar-refractivity contribution in [2.24, 2.45) is 0 Å². The van der Waals surface area contributed by atoms with Crippen LogP contribution in [0.15, 0.2) is 36.9 Å². The van der Waals surface area contributed by atoms with Crippen molar-refractivity contribution in [1.29, 1.82) is 0 Å². The van der Waals surface area contributed by atoms with Crippen molar-refractivity contribution >= 4 is 23.2 Å². The summed E-state index contributed by atoms with van der Waals surface area (Å²) in [6, 6.07) is 7.24. The summed E-state index contributed by atoms with van der Waals surface area (Å²) in [6.07, 6.45) is 3.15. The highest BCUT2D eigenvalue weighted by atomic mass is 16.2. The molecule has 2 rings (SSSR count).